The van der Waals surface area contributed by atoms with Crippen LogP contribution in [0.1, 0.15) is 36.2 Å². The van der Waals surface area contributed by atoms with Crippen molar-refractivity contribution in [2.75, 3.05) is 5.32 Å². The summed E-state index contributed by atoms with van der Waals surface area (Å²) < 4.78 is 16.5. The second-order valence-corrected chi connectivity index (χ2v) is 16.8. The third-order valence-corrected chi connectivity index (χ3v) is 11.7. The fourth-order valence-electron chi connectivity index (χ4n) is 6.67. The number of benzene rings is 3. The molecule has 1 unspecified atom stereocenters. The van der Waals surface area contributed by atoms with Gasteiger partial charge < -0.3 is 25.5 Å². The fourth-order valence-corrected chi connectivity index (χ4v) is 8.25. The van der Waals surface area contributed by atoms with Gasteiger partial charge in [-0.15, -0.1) is 0 Å². The second-order valence-electron chi connectivity index (χ2n) is 14.5. The molecule has 3 aromatic carbocycles. The van der Waals surface area contributed by atoms with E-state index >= 15 is 0 Å². The second kappa shape index (κ2) is 18.0. The molecule has 0 amide bonds. The summed E-state index contributed by atoms with van der Waals surface area (Å²) in [5, 5.41) is 34.5. The number of imidazole rings is 2. The van der Waals surface area contributed by atoms with Gasteiger partial charge in [0.25, 0.3) is 0 Å². The predicted molar refractivity (Wildman–Crippen MR) is 241 cm³/mol. The molecule has 1 fully saturated rings. The summed E-state index contributed by atoms with van der Waals surface area (Å²) in [6, 6.07) is 27.6. The van der Waals surface area contributed by atoms with E-state index in [9.17, 15) is 24.0 Å². The normalized spacial score (nSPS) is 14.5. The van der Waals surface area contributed by atoms with E-state index in [-0.39, 0.29) is 34.9 Å². The van der Waals surface area contributed by atoms with Crippen molar-refractivity contribution in [2.45, 2.75) is 36.1 Å². The van der Waals surface area contributed by atoms with Crippen molar-refractivity contribution in [3.8, 4) is 11.8 Å². The molecule has 6 heterocycles. The highest BCUT2D eigenvalue weighted by Gasteiger charge is 2.18. The van der Waals surface area contributed by atoms with Crippen molar-refractivity contribution in [3.05, 3.63) is 173 Å². The first-order valence-electron chi connectivity index (χ1n) is 19.6. The minimum atomic E-state index is -1.47. The van der Waals surface area contributed by atoms with Gasteiger partial charge in [0.2, 0.25) is 11.8 Å². The number of rotatable bonds is 9. The first kappa shape index (κ1) is 41.7. The van der Waals surface area contributed by atoms with Crippen LogP contribution in [0, 0.1) is 0 Å². The summed E-state index contributed by atoms with van der Waals surface area (Å²) in [7, 11) is -1.47. The minimum absolute atomic E-state index is 0.172. The van der Waals surface area contributed by atoms with Crippen LogP contribution in [0.5, 0.6) is 11.8 Å². The molecule has 322 valence electrons. The first-order chi connectivity index (χ1) is 31.0. The molecule has 0 bridgehead atoms. The maximum absolute atomic E-state index is 13.4. The van der Waals surface area contributed by atoms with Crippen molar-refractivity contribution < 1.29 is 14.4 Å². The molecular weight excluding hydrogens is 882 g/mol. The average Bonchev–Trinajstić information content (AvgIpc) is 4.01. The Morgan fingerprint density at radius 1 is 0.766 bits per heavy atom. The Morgan fingerprint density at radius 2 is 1.41 bits per heavy atom. The van der Waals surface area contributed by atoms with Crippen molar-refractivity contribution >= 4 is 74.6 Å². The molecule has 10 rings (SSSR count). The highest BCUT2D eigenvalue weighted by molar-refractivity contribution is 7.84. The third-order valence-electron chi connectivity index (χ3n) is 9.92. The van der Waals surface area contributed by atoms with Crippen LogP contribution in [-0.2, 0) is 16.6 Å². The van der Waals surface area contributed by atoms with E-state index in [2.05, 4.69) is 50.4 Å². The number of H-pyrrole nitrogens is 4. The first-order valence-corrected chi connectivity index (χ1v) is 21.7. The number of nitrogens with zero attached hydrogens (tertiary/aromatic N) is 8. The number of hydrogen-bond acceptors (Lipinski definition) is 12. The van der Waals surface area contributed by atoms with Gasteiger partial charge in [-0.2, -0.15) is 14.7 Å². The van der Waals surface area contributed by atoms with E-state index in [4.69, 9.17) is 28.2 Å². The lowest BCUT2D eigenvalue weighted by Gasteiger charge is -2.20. The number of anilines is 2. The molecule has 6 aromatic heterocycles. The van der Waals surface area contributed by atoms with Crippen LogP contribution in [0.2, 0.25) is 10.0 Å². The molecule has 1 aliphatic rings. The maximum Gasteiger partial charge on any atom is 0.326 e. The lowest BCUT2D eigenvalue weighted by molar-refractivity contribution is 0.409. The molecule has 0 radical (unpaired) electrons. The van der Waals surface area contributed by atoms with Gasteiger partial charge >= 0.3 is 11.4 Å². The molecule has 18 nitrogen and oxygen atoms in total. The molecule has 0 spiro atoms. The largest absolute Gasteiger partial charge is 0.493 e. The highest BCUT2D eigenvalue weighted by atomic mass is 35.5. The highest BCUT2D eigenvalue weighted by Crippen LogP contribution is 2.22. The Hall–Kier alpha value is -7.61. The van der Waals surface area contributed by atoms with Gasteiger partial charge in [-0.1, -0.05) is 65.7 Å². The van der Waals surface area contributed by atoms with Crippen LogP contribution in [0.25, 0.3) is 23.4 Å². The van der Waals surface area contributed by atoms with E-state index in [1.807, 2.05) is 54.6 Å². The van der Waals surface area contributed by atoms with E-state index in [0.29, 0.717) is 59.3 Å². The average molecular weight is 917 g/mol. The Morgan fingerprint density at radius 3 is 2.02 bits per heavy atom. The SMILES string of the molecule is O=c1[nH]c(O)c(C=c2cnn3c(=NC4CCC4)cc(Nc4cccc(Cl)c4)nc23)[nH]1.O=c1[nH]c(O)c(C=c2cnn3c(S(=O)Cc4ccccc4)cc(=Nc4cccc(Cl)c4)nc23)[nH]1. The van der Waals surface area contributed by atoms with Gasteiger partial charge in [0.1, 0.15) is 22.2 Å². The Balaban J connectivity index is 0.000000163. The Labute approximate surface area is 372 Å². The molecular formula is C43H35Cl2N13O5S. The number of nitrogens with one attached hydrogen (secondary N) is 5. The topological polar surface area (TPSA) is 252 Å². The van der Waals surface area contributed by atoms with Crippen molar-refractivity contribution in [3.63, 3.8) is 0 Å². The zero-order valence-corrected chi connectivity index (χ0v) is 35.6. The Bertz CT molecular complexity index is 3600. The Kier molecular flexibility index (Phi) is 11.7. The van der Waals surface area contributed by atoms with E-state index in [1.165, 1.54) is 23.2 Å². The molecule has 7 N–H and O–H groups in total. The lowest BCUT2D eigenvalue weighted by atomic mass is 9.94. The summed E-state index contributed by atoms with van der Waals surface area (Å²) in [6.07, 6.45) is 9.55. The van der Waals surface area contributed by atoms with Crippen LogP contribution in [0.4, 0.5) is 17.2 Å². The zero-order valence-electron chi connectivity index (χ0n) is 33.2. The van der Waals surface area contributed by atoms with Crippen LogP contribution in [-0.4, -0.2) is 69.6 Å². The molecule has 64 heavy (non-hydrogen) atoms. The summed E-state index contributed by atoms with van der Waals surface area (Å²) in [4.78, 5) is 51.2. The zero-order chi connectivity index (χ0) is 44.3. The molecule has 21 heteroatoms. The van der Waals surface area contributed by atoms with Crippen molar-refractivity contribution in [1.82, 2.24) is 49.1 Å². The van der Waals surface area contributed by atoms with Gasteiger partial charge in [0.15, 0.2) is 22.3 Å². The lowest BCUT2D eigenvalue weighted by Crippen LogP contribution is -2.25. The summed E-state index contributed by atoms with van der Waals surface area (Å²) >= 11 is 12.2. The van der Waals surface area contributed by atoms with Crippen LogP contribution < -0.4 is 38.1 Å². The van der Waals surface area contributed by atoms with Gasteiger partial charge in [0.05, 0.1) is 40.7 Å². The van der Waals surface area contributed by atoms with Gasteiger partial charge in [-0.25, -0.2) is 29.1 Å². The molecule has 0 saturated heterocycles. The maximum atomic E-state index is 13.4. The molecule has 0 aliphatic heterocycles. The fraction of sp³-hybridized carbons (Fsp3) is 0.116. The summed E-state index contributed by atoms with van der Waals surface area (Å²) in [6.45, 7) is 0. The smallest absolute Gasteiger partial charge is 0.326 e. The predicted octanol–water partition coefficient (Wildman–Crippen LogP) is 4.04. The van der Waals surface area contributed by atoms with Gasteiger partial charge in [0, 0.05) is 38.3 Å². The summed E-state index contributed by atoms with van der Waals surface area (Å²) in [5.41, 5.74) is 3.58. The van der Waals surface area contributed by atoms with Crippen LogP contribution >= 0.6 is 23.2 Å². The van der Waals surface area contributed by atoms with E-state index < -0.39 is 22.2 Å². The quantitative estimate of drug-likeness (QED) is 0.102. The number of aromatic amines is 4. The standard InChI is InChI=1S/C23H17ClN6O3S.C20H18ClN7O2/c24-16-7-4-8-17(10-16)26-19-11-20(34(33)13-14-5-2-1-3-6-14)30-21(28-19)15(12-25-30)9-18-22(31)29-23(32)27-18;21-12-3-1-6-14(8-12)23-16-9-17(24-13-4-2-5-13)28-18(26-16)11(10-22-28)7-15-19(29)27-20(30)25-15/h1-12,31H,13H2,(H2,27,29,32);1,3,6-10,13,23,29H,2,4-5H2,(H2,25,27,30). The number of fused-ring (bicyclic) bond motifs is 2. The van der Waals surface area contributed by atoms with E-state index in [1.54, 1.807) is 53.2 Å². The monoisotopic (exact) mass is 915 g/mol. The number of halogens is 2. The number of aromatic nitrogens is 10. The molecule has 1 aliphatic carbocycles. The summed E-state index contributed by atoms with van der Waals surface area (Å²) in [5.74, 6) is 0.315. The van der Waals surface area contributed by atoms with E-state index in [0.717, 1.165) is 24.1 Å². The number of hydrogen-bond donors (Lipinski definition) is 7. The molecule has 1 saturated carbocycles. The third kappa shape index (κ3) is 9.41. The number of aromatic hydroxyl groups is 2. The van der Waals surface area contributed by atoms with Gasteiger partial charge in [-0.3, -0.25) is 19.2 Å². The van der Waals surface area contributed by atoms with Crippen LogP contribution in [0.3, 0.4) is 0 Å². The molecule has 9 aromatic rings. The molecule has 1 atom stereocenters. The van der Waals surface area contributed by atoms with Gasteiger partial charge in [-0.05, 0) is 73.4 Å². The van der Waals surface area contributed by atoms with Crippen LogP contribution in [0.15, 0.2) is 128 Å². The van der Waals surface area contributed by atoms with Crippen molar-refractivity contribution in [1.29, 1.82) is 0 Å². The van der Waals surface area contributed by atoms with Crippen molar-refractivity contribution in [2.24, 2.45) is 9.98 Å². The minimum Gasteiger partial charge on any atom is -0.493 e.